The van der Waals surface area contributed by atoms with Crippen LogP contribution in [0.5, 0.6) is 11.5 Å². The van der Waals surface area contributed by atoms with Crippen LogP contribution in [-0.4, -0.2) is 52.3 Å². The zero-order valence-electron chi connectivity index (χ0n) is 16.5. The van der Waals surface area contributed by atoms with Crippen LogP contribution in [-0.2, 0) is 16.6 Å². The largest absolute Gasteiger partial charge is 0.493 e. The summed E-state index contributed by atoms with van der Waals surface area (Å²) in [4.78, 5) is 14.3. The Bertz CT molecular complexity index is 1030. The van der Waals surface area contributed by atoms with Gasteiger partial charge in [0.2, 0.25) is 10.0 Å². The van der Waals surface area contributed by atoms with Crippen LogP contribution in [0.1, 0.15) is 22.3 Å². The molecule has 1 heterocycles. The Balaban J connectivity index is 1.76. The van der Waals surface area contributed by atoms with Crippen LogP contribution in [0.3, 0.4) is 0 Å². The van der Waals surface area contributed by atoms with E-state index in [1.807, 2.05) is 0 Å². The van der Waals surface area contributed by atoms with E-state index in [1.54, 1.807) is 37.4 Å². The summed E-state index contributed by atoms with van der Waals surface area (Å²) in [6.07, 6.45) is 0.549. The molecule has 0 N–H and O–H groups in total. The van der Waals surface area contributed by atoms with Gasteiger partial charge in [-0.25, -0.2) is 8.42 Å². The van der Waals surface area contributed by atoms with Crippen molar-refractivity contribution in [2.24, 2.45) is 0 Å². The van der Waals surface area contributed by atoms with Crippen molar-refractivity contribution in [1.82, 2.24) is 4.90 Å². The van der Waals surface area contributed by atoms with Gasteiger partial charge in [-0.1, -0.05) is 12.1 Å². The molecule has 7 nitrogen and oxygen atoms in total. The normalized spacial score (nSPS) is 15.3. The minimum atomic E-state index is -3.34. The van der Waals surface area contributed by atoms with E-state index < -0.39 is 16.6 Å². The van der Waals surface area contributed by atoms with Crippen LogP contribution >= 0.6 is 0 Å². The Morgan fingerprint density at radius 3 is 2.60 bits per heavy atom. The maximum absolute atomic E-state index is 12.8. The summed E-state index contributed by atoms with van der Waals surface area (Å²) in [6.45, 7) is -2.39. The summed E-state index contributed by atoms with van der Waals surface area (Å²) < 4.78 is 60.0. The lowest BCUT2D eigenvalue weighted by Gasteiger charge is -2.21. The summed E-state index contributed by atoms with van der Waals surface area (Å²) in [7, 11) is -0.410. The van der Waals surface area contributed by atoms with Gasteiger partial charge in [-0.05, 0) is 42.3 Å². The number of carbonyl (C=O) groups excluding carboxylic acids is 1. The zero-order valence-corrected chi connectivity index (χ0v) is 17.4. The van der Waals surface area contributed by atoms with Gasteiger partial charge in [0.1, 0.15) is 0 Å². The minimum Gasteiger partial charge on any atom is -0.493 e. The summed E-state index contributed by atoms with van der Waals surface area (Å²) in [5.74, 6) is -0.169. The maximum Gasteiger partial charge on any atom is 0.387 e. The Morgan fingerprint density at radius 2 is 1.97 bits per heavy atom. The molecule has 1 amide bonds. The summed E-state index contributed by atoms with van der Waals surface area (Å²) >= 11 is 0. The van der Waals surface area contributed by atoms with Gasteiger partial charge in [-0.3, -0.25) is 9.10 Å². The molecule has 0 saturated carbocycles. The third-order valence-corrected chi connectivity index (χ3v) is 6.56. The van der Waals surface area contributed by atoms with Crippen molar-refractivity contribution in [1.29, 1.82) is 0 Å². The average molecular weight is 440 g/mol. The molecule has 0 bridgehead atoms. The number of alkyl halides is 2. The predicted octanol–water partition coefficient (Wildman–Crippen LogP) is 3.11. The standard InChI is InChI=1S/C20H22F2N2O5S/c1-23(13-14-7-8-17(29-20(21)22)18(11-14)28-2)19(25)15-5-3-6-16(12-15)24-9-4-10-30(24,26)27/h3,5-8,11-12,20H,4,9-10,13H2,1-2H3. The number of nitrogens with zero attached hydrogens (tertiary/aromatic N) is 2. The Labute approximate surface area is 173 Å². The lowest BCUT2D eigenvalue weighted by atomic mass is 10.1. The van der Waals surface area contributed by atoms with Crippen LogP contribution < -0.4 is 13.8 Å². The predicted molar refractivity (Wildman–Crippen MR) is 108 cm³/mol. The summed E-state index contributed by atoms with van der Waals surface area (Å²) in [6, 6.07) is 10.9. The molecule has 0 unspecified atom stereocenters. The van der Waals surface area contributed by atoms with Gasteiger partial charge in [0.25, 0.3) is 5.91 Å². The van der Waals surface area contributed by atoms with Gasteiger partial charge < -0.3 is 14.4 Å². The van der Waals surface area contributed by atoms with Crippen molar-refractivity contribution in [2.75, 3.05) is 30.8 Å². The number of hydrogen-bond donors (Lipinski definition) is 0. The van der Waals surface area contributed by atoms with Crippen molar-refractivity contribution < 1.29 is 31.5 Å². The molecular weight excluding hydrogens is 418 g/mol. The van der Waals surface area contributed by atoms with Gasteiger partial charge in [0.05, 0.1) is 18.6 Å². The van der Waals surface area contributed by atoms with E-state index in [1.165, 1.54) is 28.4 Å². The number of sulfonamides is 1. The minimum absolute atomic E-state index is 0.0928. The molecule has 0 radical (unpaired) electrons. The molecular formula is C20H22F2N2O5S. The Morgan fingerprint density at radius 1 is 1.20 bits per heavy atom. The lowest BCUT2D eigenvalue weighted by molar-refractivity contribution is -0.0512. The van der Waals surface area contributed by atoms with Crippen molar-refractivity contribution in [3.8, 4) is 11.5 Å². The molecule has 0 aromatic heterocycles. The molecule has 1 saturated heterocycles. The number of hydrogen-bond acceptors (Lipinski definition) is 5. The fourth-order valence-corrected chi connectivity index (χ4v) is 4.85. The van der Waals surface area contributed by atoms with E-state index in [0.717, 1.165) is 0 Å². The maximum atomic E-state index is 12.8. The first-order chi connectivity index (χ1) is 14.2. The van der Waals surface area contributed by atoms with Gasteiger partial charge >= 0.3 is 6.61 Å². The molecule has 162 valence electrons. The van der Waals surface area contributed by atoms with Gasteiger partial charge in [0.15, 0.2) is 11.5 Å². The van der Waals surface area contributed by atoms with Crippen LogP contribution in [0.15, 0.2) is 42.5 Å². The van der Waals surface area contributed by atoms with E-state index >= 15 is 0 Å². The lowest BCUT2D eigenvalue weighted by Crippen LogP contribution is -2.28. The van der Waals surface area contributed by atoms with E-state index in [4.69, 9.17) is 4.74 Å². The van der Waals surface area contributed by atoms with E-state index in [-0.39, 0.29) is 29.7 Å². The Hall–Kier alpha value is -2.88. The van der Waals surface area contributed by atoms with Crippen molar-refractivity contribution in [3.05, 3.63) is 53.6 Å². The molecule has 1 fully saturated rings. The number of anilines is 1. The van der Waals surface area contributed by atoms with Gasteiger partial charge in [-0.2, -0.15) is 8.78 Å². The number of amides is 1. The highest BCUT2D eigenvalue weighted by atomic mass is 32.2. The van der Waals surface area contributed by atoms with E-state index in [0.29, 0.717) is 29.8 Å². The second-order valence-electron chi connectivity index (χ2n) is 6.82. The van der Waals surface area contributed by atoms with Crippen molar-refractivity contribution >= 4 is 21.6 Å². The first-order valence-corrected chi connectivity index (χ1v) is 10.8. The number of halogens is 2. The number of benzene rings is 2. The van der Waals surface area contributed by atoms with Gasteiger partial charge in [0, 0.05) is 25.7 Å². The molecule has 2 aromatic carbocycles. The average Bonchev–Trinajstić information content (AvgIpc) is 3.07. The van der Waals surface area contributed by atoms with Crippen molar-refractivity contribution in [3.63, 3.8) is 0 Å². The smallest absolute Gasteiger partial charge is 0.387 e. The van der Waals surface area contributed by atoms with Crippen LogP contribution in [0.25, 0.3) is 0 Å². The van der Waals surface area contributed by atoms with Crippen LogP contribution in [0.2, 0.25) is 0 Å². The van der Waals surface area contributed by atoms with Crippen LogP contribution in [0.4, 0.5) is 14.5 Å². The van der Waals surface area contributed by atoms with Crippen LogP contribution in [0, 0.1) is 0 Å². The fraction of sp³-hybridized carbons (Fsp3) is 0.350. The molecule has 0 spiro atoms. The second kappa shape index (κ2) is 8.86. The summed E-state index contributed by atoms with van der Waals surface area (Å²) in [5, 5.41) is 0. The SMILES string of the molecule is COc1cc(CN(C)C(=O)c2cccc(N3CCCS3(=O)=O)c2)ccc1OC(F)F. The van der Waals surface area contributed by atoms with Gasteiger partial charge in [-0.15, -0.1) is 0 Å². The summed E-state index contributed by atoms with van der Waals surface area (Å²) in [5.41, 5.74) is 1.46. The highest BCUT2D eigenvalue weighted by Crippen LogP contribution is 2.30. The highest BCUT2D eigenvalue weighted by molar-refractivity contribution is 7.93. The molecule has 0 atom stereocenters. The first-order valence-electron chi connectivity index (χ1n) is 9.19. The number of methoxy groups -OCH3 is 1. The highest BCUT2D eigenvalue weighted by Gasteiger charge is 2.29. The third-order valence-electron chi connectivity index (χ3n) is 4.69. The fourth-order valence-electron chi connectivity index (χ4n) is 3.29. The second-order valence-corrected chi connectivity index (χ2v) is 8.83. The monoisotopic (exact) mass is 440 g/mol. The molecule has 1 aliphatic rings. The number of rotatable bonds is 7. The quantitative estimate of drug-likeness (QED) is 0.661. The molecule has 30 heavy (non-hydrogen) atoms. The Kier molecular flexibility index (Phi) is 6.45. The molecule has 3 rings (SSSR count). The topological polar surface area (TPSA) is 76.2 Å². The van der Waals surface area contributed by atoms with E-state index in [2.05, 4.69) is 4.74 Å². The molecule has 0 aliphatic carbocycles. The zero-order chi connectivity index (χ0) is 21.9. The molecule has 1 aliphatic heterocycles. The van der Waals surface area contributed by atoms with E-state index in [9.17, 15) is 22.0 Å². The van der Waals surface area contributed by atoms with Crippen molar-refractivity contribution in [2.45, 2.75) is 19.6 Å². The number of carbonyl (C=O) groups is 1. The third kappa shape index (κ3) is 4.81. The first kappa shape index (κ1) is 21.8. The molecule has 2 aromatic rings. The number of ether oxygens (including phenoxy) is 2. The molecule has 10 heteroatoms.